The highest BCUT2D eigenvalue weighted by molar-refractivity contribution is 7.99. The van der Waals surface area contributed by atoms with Crippen molar-refractivity contribution >= 4 is 39.9 Å². The molecular weight excluding hydrogens is 406 g/mol. The number of hydrogen-bond donors (Lipinski definition) is 0. The van der Waals surface area contributed by atoms with Gasteiger partial charge in [-0.3, -0.25) is 19.1 Å². The molecule has 0 radical (unpaired) electrons. The fourth-order valence-corrected chi connectivity index (χ4v) is 4.46. The molecule has 0 N–H and O–H groups in total. The van der Waals surface area contributed by atoms with Crippen molar-refractivity contribution in [3.8, 4) is 0 Å². The summed E-state index contributed by atoms with van der Waals surface area (Å²) < 4.78 is 1.67. The molecule has 4 aromatic rings. The van der Waals surface area contributed by atoms with Crippen molar-refractivity contribution in [2.45, 2.75) is 25.0 Å². The smallest absolute Gasteiger partial charge is 0.262 e. The zero-order valence-corrected chi connectivity index (χ0v) is 18.1. The van der Waals surface area contributed by atoms with Crippen LogP contribution in [0.5, 0.6) is 0 Å². The lowest BCUT2D eigenvalue weighted by atomic mass is 10.2. The molecule has 0 aliphatic carbocycles. The van der Waals surface area contributed by atoms with E-state index in [0.29, 0.717) is 34.8 Å². The molecule has 0 unspecified atom stereocenters. The van der Waals surface area contributed by atoms with Gasteiger partial charge in [0.15, 0.2) is 5.16 Å². The Morgan fingerprint density at radius 2 is 1.48 bits per heavy atom. The molecule has 1 aromatic heterocycles. The number of rotatable bonds is 7. The molecule has 3 aromatic carbocycles. The Bertz CT molecular complexity index is 1200. The van der Waals surface area contributed by atoms with Crippen LogP contribution < -0.4 is 10.5 Å². The predicted molar refractivity (Wildman–Crippen MR) is 127 cm³/mol. The van der Waals surface area contributed by atoms with E-state index in [0.717, 1.165) is 11.4 Å². The van der Waals surface area contributed by atoms with Crippen molar-refractivity contribution in [2.75, 3.05) is 10.7 Å². The van der Waals surface area contributed by atoms with Gasteiger partial charge >= 0.3 is 0 Å². The topological polar surface area (TPSA) is 55.2 Å². The second-order valence-electron chi connectivity index (χ2n) is 6.96. The van der Waals surface area contributed by atoms with Gasteiger partial charge in [0, 0.05) is 30.1 Å². The van der Waals surface area contributed by atoms with E-state index in [-0.39, 0.29) is 11.5 Å². The van der Waals surface area contributed by atoms with Gasteiger partial charge in [-0.15, -0.1) is 0 Å². The molecule has 0 saturated heterocycles. The second-order valence-corrected chi connectivity index (χ2v) is 8.02. The van der Waals surface area contributed by atoms with Gasteiger partial charge < -0.3 is 0 Å². The molecule has 0 atom stereocenters. The monoisotopic (exact) mass is 429 g/mol. The number of para-hydroxylation sites is 3. The van der Waals surface area contributed by atoms with Crippen LogP contribution in [0.3, 0.4) is 0 Å². The summed E-state index contributed by atoms with van der Waals surface area (Å²) in [6.07, 6.45) is 0.320. The van der Waals surface area contributed by atoms with E-state index < -0.39 is 0 Å². The van der Waals surface area contributed by atoms with E-state index in [9.17, 15) is 9.59 Å². The van der Waals surface area contributed by atoms with Crippen molar-refractivity contribution in [3.63, 3.8) is 0 Å². The van der Waals surface area contributed by atoms with Crippen LogP contribution in [0.4, 0.5) is 11.4 Å². The Hall–Kier alpha value is -3.38. The standard InChI is InChI=1S/C25H23N3O2S/c1-2-27-24(30)21-15-9-10-16-22(21)26-25(27)31-18-17-23(29)28(19-11-5-3-6-12-19)20-13-7-4-8-14-20/h3-16H,2,17-18H2,1H3. The molecule has 1 heterocycles. The first-order valence-corrected chi connectivity index (χ1v) is 11.2. The third-order valence-electron chi connectivity index (χ3n) is 4.97. The van der Waals surface area contributed by atoms with Crippen molar-refractivity contribution in [3.05, 3.63) is 95.3 Å². The van der Waals surface area contributed by atoms with Gasteiger partial charge in [0.2, 0.25) is 5.91 Å². The lowest BCUT2D eigenvalue weighted by Gasteiger charge is -2.23. The molecule has 0 aliphatic heterocycles. The maximum Gasteiger partial charge on any atom is 0.262 e. The van der Waals surface area contributed by atoms with Gasteiger partial charge in [0.05, 0.1) is 10.9 Å². The quantitative estimate of drug-likeness (QED) is 0.297. The highest BCUT2D eigenvalue weighted by Crippen LogP contribution is 2.27. The zero-order valence-electron chi connectivity index (χ0n) is 17.3. The van der Waals surface area contributed by atoms with Gasteiger partial charge in [-0.2, -0.15) is 0 Å². The summed E-state index contributed by atoms with van der Waals surface area (Å²) in [6, 6.07) is 26.6. The Labute approximate surface area is 185 Å². The molecule has 4 rings (SSSR count). The minimum atomic E-state index is -0.0443. The number of fused-ring (bicyclic) bond motifs is 1. The summed E-state index contributed by atoms with van der Waals surface area (Å²) in [5.41, 5.74) is 2.30. The summed E-state index contributed by atoms with van der Waals surface area (Å²) in [7, 11) is 0. The Kier molecular flexibility index (Phi) is 6.48. The molecule has 0 aliphatic rings. The van der Waals surface area contributed by atoms with Crippen LogP contribution in [0.2, 0.25) is 0 Å². The van der Waals surface area contributed by atoms with Crippen molar-refractivity contribution in [1.82, 2.24) is 9.55 Å². The Morgan fingerprint density at radius 1 is 0.903 bits per heavy atom. The second kappa shape index (κ2) is 9.62. The number of carbonyl (C=O) groups excluding carboxylic acids is 1. The van der Waals surface area contributed by atoms with Crippen LogP contribution in [0, 0.1) is 0 Å². The van der Waals surface area contributed by atoms with Gasteiger partial charge in [0.25, 0.3) is 5.56 Å². The Morgan fingerprint density at radius 3 is 2.10 bits per heavy atom. The first-order valence-electron chi connectivity index (χ1n) is 10.2. The van der Waals surface area contributed by atoms with Gasteiger partial charge in [-0.1, -0.05) is 60.3 Å². The number of hydrogen-bond acceptors (Lipinski definition) is 4. The highest BCUT2D eigenvalue weighted by Gasteiger charge is 2.18. The predicted octanol–water partition coefficient (Wildman–Crippen LogP) is 5.26. The number of thioether (sulfide) groups is 1. The van der Waals surface area contributed by atoms with Gasteiger partial charge in [-0.05, 0) is 43.3 Å². The average molecular weight is 430 g/mol. The van der Waals surface area contributed by atoms with Crippen LogP contribution in [-0.2, 0) is 11.3 Å². The van der Waals surface area contributed by atoms with E-state index >= 15 is 0 Å². The molecule has 0 saturated carbocycles. The maximum absolute atomic E-state index is 13.2. The van der Waals surface area contributed by atoms with Crippen LogP contribution in [0.15, 0.2) is 94.9 Å². The number of amides is 1. The third kappa shape index (κ3) is 4.54. The minimum Gasteiger partial charge on any atom is -0.287 e. The summed E-state index contributed by atoms with van der Waals surface area (Å²) in [5.74, 6) is 0.524. The SMILES string of the molecule is CCn1c(SCCC(=O)N(c2ccccc2)c2ccccc2)nc2ccccc2c1=O. The van der Waals surface area contributed by atoms with Gasteiger partial charge in [-0.25, -0.2) is 4.98 Å². The fourth-order valence-electron chi connectivity index (χ4n) is 3.47. The molecule has 0 spiro atoms. The third-order valence-corrected chi connectivity index (χ3v) is 5.95. The first-order chi connectivity index (χ1) is 15.2. The van der Waals surface area contributed by atoms with E-state index in [1.54, 1.807) is 15.5 Å². The minimum absolute atomic E-state index is 0.00363. The number of benzene rings is 3. The number of anilines is 2. The normalized spacial score (nSPS) is 10.9. The number of nitrogens with zero attached hydrogens (tertiary/aromatic N) is 3. The average Bonchev–Trinajstić information content (AvgIpc) is 2.81. The lowest BCUT2D eigenvalue weighted by Crippen LogP contribution is -2.26. The van der Waals surface area contributed by atoms with Crippen LogP contribution in [0.1, 0.15) is 13.3 Å². The molecule has 0 fully saturated rings. The van der Waals surface area contributed by atoms with E-state index in [1.807, 2.05) is 85.8 Å². The van der Waals surface area contributed by atoms with E-state index in [4.69, 9.17) is 0 Å². The molecule has 0 bridgehead atoms. The zero-order chi connectivity index (χ0) is 21.6. The highest BCUT2D eigenvalue weighted by atomic mass is 32.2. The van der Waals surface area contributed by atoms with Crippen molar-refractivity contribution in [1.29, 1.82) is 0 Å². The summed E-state index contributed by atoms with van der Waals surface area (Å²) in [5, 5.41) is 1.26. The largest absolute Gasteiger partial charge is 0.287 e. The van der Waals surface area contributed by atoms with Gasteiger partial charge in [0.1, 0.15) is 0 Å². The van der Waals surface area contributed by atoms with E-state index in [1.165, 1.54) is 11.8 Å². The number of carbonyl (C=O) groups is 1. The molecular formula is C25H23N3O2S. The first kappa shape index (κ1) is 20.9. The summed E-state index contributed by atoms with van der Waals surface area (Å²) in [4.78, 5) is 32.4. The molecule has 6 heteroatoms. The van der Waals surface area contributed by atoms with Crippen LogP contribution in [-0.4, -0.2) is 21.2 Å². The fraction of sp³-hybridized carbons (Fsp3) is 0.160. The molecule has 1 amide bonds. The lowest BCUT2D eigenvalue weighted by molar-refractivity contribution is -0.117. The van der Waals surface area contributed by atoms with Crippen molar-refractivity contribution in [2.24, 2.45) is 0 Å². The van der Waals surface area contributed by atoms with Crippen LogP contribution >= 0.6 is 11.8 Å². The van der Waals surface area contributed by atoms with Crippen LogP contribution in [0.25, 0.3) is 10.9 Å². The van der Waals surface area contributed by atoms with Crippen molar-refractivity contribution < 1.29 is 4.79 Å². The Balaban J connectivity index is 1.55. The summed E-state index contributed by atoms with van der Waals surface area (Å²) in [6.45, 7) is 2.46. The molecule has 31 heavy (non-hydrogen) atoms. The maximum atomic E-state index is 13.2. The van der Waals surface area contributed by atoms with E-state index in [2.05, 4.69) is 4.98 Å². The summed E-state index contributed by atoms with van der Waals surface area (Å²) >= 11 is 1.44. The molecule has 5 nitrogen and oxygen atoms in total. The number of aromatic nitrogens is 2. The molecule has 156 valence electrons.